The number of nitrogens with one attached hydrogen (secondary N) is 2. The number of anilines is 1. The second-order valence-corrected chi connectivity index (χ2v) is 4.68. The van der Waals surface area contributed by atoms with Crippen molar-refractivity contribution in [1.82, 2.24) is 5.32 Å². The van der Waals surface area contributed by atoms with Gasteiger partial charge in [-0.05, 0) is 13.8 Å². The van der Waals surface area contributed by atoms with Crippen molar-refractivity contribution >= 4 is 11.7 Å². The van der Waals surface area contributed by atoms with Crippen LogP contribution in [0.3, 0.4) is 0 Å². The number of hydrogen-bond donors (Lipinski definition) is 2. The summed E-state index contributed by atoms with van der Waals surface area (Å²) in [6.07, 6.45) is 0. The maximum atomic E-state index is 11.4. The number of allylic oxidation sites excluding steroid dienone is 1. The van der Waals surface area contributed by atoms with Crippen LogP contribution in [0.15, 0.2) is 35.8 Å². The summed E-state index contributed by atoms with van der Waals surface area (Å²) in [5.74, 6) is 0.230. The van der Waals surface area contributed by atoms with Gasteiger partial charge in [0.05, 0.1) is 18.5 Å². The van der Waals surface area contributed by atoms with E-state index in [9.17, 15) is 4.79 Å². The third-order valence-electron chi connectivity index (χ3n) is 2.98. The first-order valence-corrected chi connectivity index (χ1v) is 6.32. The minimum atomic E-state index is -0.359. The molecule has 0 unspecified atom stereocenters. The van der Waals surface area contributed by atoms with Crippen LogP contribution in [0.1, 0.15) is 25.0 Å². The van der Waals surface area contributed by atoms with E-state index in [4.69, 9.17) is 0 Å². The summed E-state index contributed by atoms with van der Waals surface area (Å²) in [5.41, 5.74) is 4.34. The predicted molar refractivity (Wildman–Crippen MR) is 81.0 cm³/mol. The second kappa shape index (κ2) is 8.68. The van der Waals surface area contributed by atoms with E-state index in [1.54, 1.807) is 13.8 Å². The molecule has 0 spiro atoms. The van der Waals surface area contributed by atoms with Gasteiger partial charge in [0.25, 0.3) is 0 Å². The first-order valence-electron chi connectivity index (χ1n) is 6.32. The van der Waals surface area contributed by atoms with Crippen molar-refractivity contribution in [3.05, 3.63) is 53.0 Å². The molecule has 1 rings (SSSR count). The molecule has 0 aliphatic heterocycles. The molecule has 0 aromatic heterocycles. The van der Waals surface area contributed by atoms with E-state index >= 15 is 0 Å². The van der Waals surface area contributed by atoms with Crippen LogP contribution in [0.25, 0.3) is 0 Å². The maximum Gasteiger partial charge on any atom is 0.335 e. The normalized spacial score (nSPS) is 10.9. The van der Waals surface area contributed by atoms with E-state index in [2.05, 4.69) is 28.0 Å². The molecule has 0 fully saturated rings. The number of esters is 1. The van der Waals surface area contributed by atoms with Gasteiger partial charge in [-0.3, -0.25) is 0 Å². The number of hydrogen-bond acceptors (Lipinski definition) is 4. The van der Waals surface area contributed by atoms with E-state index in [0.29, 0.717) is 17.1 Å². The average Bonchev–Trinajstić information content (AvgIpc) is 2.40. The minimum absolute atomic E-state index is 0. The van der Waals surface area contributed by atoms with Crippen LogP contribution < -0.4 is 10.6 Å². The molecule has 0 amide bonds. The molecule has 114 valence electrons. The SMILES string of the molecule is C=C(N/C(C)=C(/C)C(=O)OC)Nc1c[c-]c(C)cc1C.[W]. The van der Waals surface area contributed by atoms with Crippen molar-refractivity contribution in [3.8, 4) is 0 Å². The van der Waals surface area contributed by atoms with Gasteiger partial charge in [0.15, 0.2) is 0 Å². The van der Waals surface area contributed by atoms with Gasteiger partial charge in [0, 0.05) is 26.8 Å². The Labute approximate surface area is 140 Å². The topological polar surface area (TPSA) is 50.4 Å². The Morgan fingerprint density at radius 3 is 2.48 bits per heavy atom. The maximum absolute atomic E-state index is 11.4. The molecule has 1 aromatic carbocycles. The fourth-order valence-corrected chi connectivity index (χ4v) is 1.70. The fourth-order valence-electron chi connectivity index (χ4n) is 1.70. The van der Waals surface area contributed by atoms with E-state index in [0.717, 1.165) is 16.8 Å². The third kappa shape index (κ3) is 5.76. The summed E-state index contributed by atoms with van der Waals surface area (Å²) < 4.78 is 4.67. The number of ether oxygens (including phenoxy) is 1. The number of carbonyl (C=O) groups is 1. The Kier molecular flexibility index (Phi) is 8.04. The molecule has 0 radical (unpaired) electrons. The molecule has 2 N–H and O–H groups in total. The van der Waals surface area contributed by atoms with Gasteiger partial charge in [0.1, 0.15) is 0 Å². The zero-order chi connectivity index (χ0) is 15.3. The molecule has 1 aromatic rings. The van der Waals surface area contributed by atoms with Gasteiger partial charge in [-0.25, -0.2) is 4.79 Å². The second-order valence-electron chi connectivity index (χ2n) is 4.68. The van der Waals surface area contributed by atoms with Crippen LogP contribution in [-0.2, 0) is 30.6 Å². The Bertz CT molecular complexity index is 565. The summed E-state index contributed by atoms with van der Waals surface area (Å²) in [5, 5.41) is 6.20. The van der Waals surface area contributed by atoms with Crippen LogP contribution in [0.4, 0.5) is 5.69 Å². The molecule has 5 heteroatoms. The van der Waals surface area contributed by atoms with Crippen LogP contribution >= 0.6 is 0 Å². The summed E-state index contributed by atoms with van der Waals surface area (Å²) in [7, 11) is 1.36. The summed E-state index contributed by atoms with van der Waals surface area (Å²) in [4.78, 5) is 11.4. The van der Waals surface area contributed by atoms with Crippen LogP contribution in [0.2, 0.25) is 0 Å². The fraction of sp³-hybridized carbons (Fsp3) is 0.312. The Morgan fingerprint density at radius 2 is 1.95 bits per heavy atom. The van der Waals surface area contributed by atoms with Gasteiger partial charge in [-0.2, -0.15) is 23.8 Å². The minimum Gasteiger partial charge on any atom is -0.466 e. The van der Waals surface area contributed by atoms with E-state index in [-0.39, 0.29) is 27.0 Å². The Hall–Kier alpha value is -1.54. The standard InChI is InChI=1S/C16H21N2O2.W/c1-10-7-8-15(11(2)9-10)18-14(5)17-13(4)12(3)16(19)20-6;/h8-9,17-18H,5H2,1-4,6H3;/q-1;/b13-12-;. The van der Waals surface area contributed by atoms with Crippen LogP contribution in [0.5, 0.6) is 0 Å². The third-order valence-corrected chi connectivity index (χ3v) is 2.98. The van der Waals surface area contributed by atoms with Crippen molar-refractivity contribution < 1.29 is 30.6 Å². The molecule has 0 heterocycles. The van der Waals surface area contributed by atoms with Crippen LogP contribution in [0, 0.1) is 19.9 Å². The van der Waals surface area contributed by atoms with Gasteiger partial charge in [-0.1, -0.05) is 26.1 Å². The molecule has 21 heavy (non-hydrogen) atoms. The summed E-state index contributed by atoms with van der Waals surface area (Å²) in [6.45, 7) is 11.4. The van der Waals surface area contributed by atoms with Gasteiger partial charge >= 0.3 is 5.97 Å². The molecule has 0 aliphatic rings. The van der Waals surface area contributed by atoms with Crippen molar-refractivity contribution in [3.63, 3.8) is 0 Å². The molecule has 0 atom stereocenters. The quantitative estimate of drug-likeness (QED) is 0.406. The largest absolute Gasteiger partial charge is 0.466 e. The molecular weight excluding hydrogens is 436 g/mol. The monoisotopic (exact) mass is 457 g/mol. The average molecular weight is 457 g/mol. The van der Waals surface area contributed by atoms with Crippen molar-refractivity contribution in [2.45, 2.75) is 27.7 Å². The van der Waals surface area contributed by atoms with Crippen molar-refractivity contribution in [2.75, 3.05) is 12.4 Å². The van der Waals surface area contributed by atoms with E-state index < -0.39 is 0 Å². The number of benzene rings is 1. The van der Waals surface area contributed by atoms with Gasteiger partial charge in [0.2, 0.25) is 0 Å². The first kappa shape index (κ1) is 19.5. The molecular formula is C16H21N2O2W-. The number of rotatable bonds is 5. The van der Waals surface area contributed by atoms with E-state index in [1.807, 2.05) is 26.0 Å². The molecule has 0 saturated heterocycles. The van der Waals surface area contributed by atoms with Gasteiger partial charge in [-0.15, -0.1) is 5.56 Å². The van der Waals surface area contributed by atoms with Crippen LogP contribution in [-0.4, -0.2) is 13.1 Å². The molecule has 0 aliphatic carbocycles. The van der Waals surface area contributed by atoms with Gasteiger partial charge < -0.3 is 15.4 Å². The zero-order valence-electron chi connectivity index (χ0n) is 13.1. The van der Waals surface area contributed by atoms with Crippen molar-refractivity contribution in [2.24, 2.45) is 0 Å². The molecule has 0 bridgehead atoms. The predicted octanol–water partition coefficient (Wildman–Crippen LogP) is 3.04. The Balaban J connectivity index is 0.00000400. The number of carbonyl (C=O) groups excluding carboxylic acids is 1. The molecule has 4 nitrogen and oxygen atoms in total. The van der Waals surface area contributed by atoms with E-state index in [1.165, 1.54) is 7.11 Å². The Morgan fingerprint density at radius 1 is 1.33 bits per heavy atom. The zero-order valence-corrected chi connectivity index (χ0v) is 16.0. The smallest absolute Gasteiger partial charge is 0.335 e. The summed E-state index contributed by atoms with van der Waals surface area (Å²) >= 11 is 0. The first-order chi connectivity index (χ1) is 9.35. The summed E-state index contributed by atoms with van der Waals surface area (Å²) in [6, 6.07) is 7.05. The number of aryl methyl sites for hydroxylation is 2. The van der Waals surface area contributed by atoms with Crippen molar-refractivity contribution in [1.29, 1.82) is 0 Å². The molecule has 0 saturated carbocycles. The number of methoxy groups -OCH3 is 1.